The Kier molecular flexibility index (Phi) is 4.39. The summed E-state index contributed by atoms with van der Waals surface area (Å²) in [7, 11) is 4.62. The van der Waals surface area contributed by atoms with Crippen LogP contribution in [0.2, 0.25) is 0 Å². The highest BCUT2D eigenvalue weighted by molar-refractivity contribution is 5.99. The van der Waals surface area contributed by atoms with Crippen LogP contribution in [0.3, 0.4) is 0 Å². The van der Waals surface area contributed by atoms with E-state index in [2.05, 4.69) is 17.1 Å². The Hall–Kier alpha value is -3.15. The van der Waals surface area contributed by atoms with Crippen molar-refractivity contribution in [2.45, 2.75) is 13.0 Å². The van der Waals surface area contributed by atoms with Crippen molar-refractivity contribution in [3.63, 3.8) is 0 Å². The van der Waals surface area contributed by atoms with Crippen LogP contribution in [0.5, 0.6) is 17.2 Å². The number of benzene rings is 2. The molecule has 0 fully saturated rings. The number of para-hydroxylation sites is 1. The molecule has 6 nitrogen and oxygen atoms in total. The highest BCUT2D eigenvalue weighted by Crippen LogP contribution is 2.40. The smallest absolute Gasteiger partial charge is 0.258 e. The van der Waals surface area contributed by atoms with Crippen molar-refractivity contribution in [1.29, 1.82) is 0 Å². The highest BCUT2D eigenvalue weighted by Gasteiger charge is 2.28. The summed E-state index contributed by atoms with van der Waals surface area (Å²) >= 11 is 0. The number of hydrogen-bond acceptors (Lipinski definition) is 4. The number of amides is 1. The molecule has 1 aliphatic rings. The van der Waals surface area contributed by atoms with Gasteiger partial charge in [-0.3, -0.25) is 4.79 Å². The summed E-state index contributed by atoms with van der Waals surface area (Å²) in [5.74, 6) is 1.27. The molecule has 0 atom stereocenters. The Morgan fingerprint density at radius 1 is 1.00 bits per heavy atom. The average molecular weight is 366 g/mol. The first-order chi connectivity index (χ1) is 13.2. The third kappa shape index (κ3) is 2.77. The van der Waals surface area contributed by atoms with Gasteiger partial charge < -0.3 is 24.1 Å². The first-order valence-corrected chi connectivity index (χ1v) is 8.84. The first-order valence-electron chi connectivity index (χ1n) is 8.84. The lowest BCUT2D eigenvalue weighted by molar-refractivity contribution is 0.0731. The standard InChI is InChI=1S/C21H22N2O4/c1-25-18-9-8-14(19(26-2)20(18)27-3)21(24)23-11-10-17-15(12-23)13-6-4-5-7-16(13)22-17/h4-9,22H,10-12H2,1-3H3. The van der Waals surface area contributed by atoms with E-state index < -0.39 is 0 Å². The number of aromatic nitrogens is 1. The highest BCUT2D eigenvalue weighted by atomic mass is 16.5. The molecule has 6 heteroatoms. The van der Waals surface area contributed by atoms with Gasteiger partial charge in [0.1, 0.15) is 0 Å². The number of aromatic amines is 1. The lowest BCUT2D eigenvalue weighted by Gasteiger charge is -2.28. The van der Waals surface area contributed by atoms with Crippen LogP contribution in [0.25, 0.3) is 10.9 Å². The van der Waals surface area contributed by atoms with E-state index >= 15 is 0 Å². The molecule has 1 amide bonds. The van der Waals surface area contributed by atoms with Crippen molar-refractivity contribution in [3.8, 4) is 17.2 Å². The number of ether oxygens (including phenoxy) is 3. The molecule has 2 aromatic carbocycles. The number of carbonyl (C=O) groups is 1. The van der Waals surface area contributed by atoms with Crippen molar-refractivity contribution in [2.75, 3.05) is 27.9 Å². The minimum absolute atomic E-state index is 0.0799. The average Bonchev–Trinajstić information content (AvgIpc) is 3.09. The second-order valence-corrected chi connectivity index (χ2v) is 6.49. The molecule has 140 valence electrons. The van der Waals surface area contributed by atoms with Gasteiger partial charge in [-0.25, -0.2) is 0 Å². The van der Waals surface area contributed by atoms with Gasteiger partial charge in [-0.2, -0.15) is 0 Å². The Morgan fingerprint density at radius 3 is 2.52 bits per heavy atom. The summed E-state index contributed by atoms with van der Waals surface area (Å²) in [5, 5.41) is 1.17. The van der Waals surface area contributed by atoms with Crippen LogP contribution in [0.1, 0.15) is 21.6 Å². The fraction of sp³-hybridized carbons (Fsp3) is 0.286. The number of carbonyl (C=O) groups excluding carboxylic acids is 1. The Morgan fingerprint density at radius 2 is 1.78 bits per heavy atom. The predicted molar refractivity (Wildman–Crippen MR) is 103 cm³/mol. The maximum atomic E-state index is 13.3. The summed E-state index contributed by atoms with van der Waals surface area (Å²) < 4.78 is 16.2. The number of nitrogens with zero attached hydrogens (tertiary/aromatic N) is 1. The Balaban J connectivity index is 1.70. The third-order valence-corrected chi connectivity index (χ3v) is 5.10. The fourth-order valence-corrected chi connectivity index (χ4v) is 3.78. The molecular formula is C21H22N2O4. The van der Waals surface area contributed by atoms with Gasteiger partial charge >= 0.3 is 0 Å². The van der Waals surface area contributed by atoms with Gasteiger partial charge in [0.05, 0.1) is 26.9 Å². The summed E-state index contributed by atoms with van der Waals surface area (Å²) in [5.41, 5.74) is 3.98. The van der Waals surface area contributed by atoms with Crippen LogP contribution in [0.4, 0.5) is 0 Å². The lowest BCUT2D eigenvalue weighted by atomic mass is 10.0. The summed E-state index contributed by atoms with van der Waals surface area (Å²) in [6, 6.07) is 11.7. The molecule has 1 N–H and O–H groups in total. The molecule has 1 aromatic heterocycles. The van der Waals surface area contributed by atoms with E-state index in [4.69, 9.17) is 14.2 Å². The SMILES string of the molecule is COc1ccc(C(=O)N2CCc3[nH]c4ccccc4c3C2)c(OC)c1OC. The van der Waals surface area contributed by atoms with Gasteiger partial charge in [0.2, 0.25) is 5.75 Å². The van der Waals surface area contributed by atoms with Crippen LogP contribution >= 0.6 is 0 Å². The van der Waals surface area contributed by atoms with Crippen LogP contribution in [0, 0.1) is 0 Å². The minimum Gasteiger partial charge on any atom is -0.493 e. The zero-order valence-corrected chi connectivity index (χ0v) is 15.7. The van der Waals surface area contributed by atoms with Crippen LogP contribution < -0.4 is 14.2 Å². The van der Waals surface area contributed by atoms with Gasteiger partial charge in [0.15, 0.2) is 11.5 Å². The Labute approximate surface area is 157 Å². The molecule has 0 saturated heterocycles. The lowest BCUT2D eigenvalue weighted by Crippen LogP contribution is -2.36. The summed E-state index contributed by atoms with van der Waals surface area (Å²) in [6.07, 6.45) is 0.797. The summed E-state index contributed by atoms with van der Waals surface area (Å²) in [6.45, 7) is 1.21. The van der Waals surface area contributed by atoms with Crippen LogP contribution in [-0.4, -0.2) is 43.7 Å². The number of nitrogens with one attached hydrogen (secondary N) is 1. The van der Waals surface area contributed by atoms with E-state index in [0.717, 1.165) is 11.9 Å². The van der Waals surface area contributed by atoms with E-state index in [1.807, 2.05) is 17.0 Å². The summed E-state index contributed by atoms with van der Waals surface area (Å²) in [4.78, 5) is 18.6. The molecule has 3 aromatic rings. The number of fused-ring (bicyclic) bond motifs is 3. The topological polar surface area (TPSA) is 63.8 Å². The van der Waals surface area contributed by atoms with Gasteiger partial charge in [-0.05, 0) is 18.2 Å². The second-order valence-electron chi connectivity index (χ2n) is 6.49. The first kappa shape index (κ1) is 17.3. The van der Waals surface area contributed by atoms with Crippen LogP contribution in [-0.2, 0) is 13.0 Å². The third-order valence-electron chi connectivity index (χ3n) is 5.10. The second kappa shape index (κ2) is 6.87. The number of methoxy groups -OCH3 is 3. The molecule has 0 bridgehead atoms. The van der Waals surface area contributed by atoms with E-state index in [0.29, 0.717) is 35.9 Å². The van der Waals surface area contributed by atoms with Crippen molar-refractivity contribution >= 4 is 16.8 Å². The minimum atomic E-state index is -0.0799. The van der Waals surface area contributed by atoms with E-state index in [-0.39, 0.29) is 5.91 Å². The van der Waals surface area contributed by atoms with Crippen molar-refractivity contribution in [2.24, 2.45) is 0 Å². The van der Waals surface area contributed by atoms with Crippen molar-refractivity contribution in [1.82, 2.24) is 9.88 Å². The van der Waals surface area contributed by atoms with Crippen molar-refractivity contribution < 1.29 is 19.0 Å². The zero-order valence-electron chi connectivity index (χ0n) is 15.7. The van der Waals surface area contributed by atoms with Crippen LogP contribution in [0.15, 0.2) is 36.4 Å². The molecule has 0 aliphatic carbocycles. The van der Waals surface area contributed by atoms with Gasteiger partial charge in [-0.1, -0.05) is 18.2 Å². The van der Waals surface area contributed by atoms with E-state index in [9.17, 15) is 4.79 Å². The maximum Gasteiger partial charge on any atom is 0.258 e. The molecule has 27 heavy (non-hydrogen) atoms. The number of rotatable bonds is 4. The maximum absolute atomic E-state index is 13.3. The monoisotopic (exact) mass is 366 g/mol. The quantitative estimate of drug-likeness (QED) is 0.769. The van der Waals surface area contributed by atoms with Gasteiger partial charge in [0.25, 0.3) is 5.91 Å². The Bertz CT molecular complexity index is 1010. The predicted octanol–water partition coefficient (Wildman–Crippen LogP) is 3.39. The molecule has 0 saturated carbocycles. The molecule has 0 unspecified atom stereocenters. The number of H-pyrrole nitrogens is 1. The molecule has 2 heterocycles. The zero-order chi connectivity index (χ0) is 19.0. The van der Waals surface area contributed by atoms with E-state index in [1.165, 1.54) is 30.9 Å². The fourth-order valence-electron chi connectivity index (χ4n) is 3.78. The molecule has 1 aliphatic heterocycles. The van der Waals surface area contributed by atoms with Gasteiger partial charge in [-0.15, -0.1) is 0 Å². The molecule has 0 spiro atoms. The molecular weight excluding hydrogens is 344 g/mol. The van der Waals surface area contributed by atoms with Gasteiger partial charge in [0, 0.05) is 41.7 Å². The van der Waals surface area contributed by atoms with Crippen molar-refractivity contribution in [3.05, 3.63) is 53.2 Å². The molecule has 4 rings (SSSR count). The normalized spacial score (nSPS) is 13.4. The number of hydrogen-bond donors (Lipinski definition) is 1. The largest absolute Gasteiger partial charge is 0.493 e. The van der Waals surface area contributed by atoms with E-state index in [1.54, 1.807) is 19.2 Å². The molecule has 0 radical (unpaired) electrons.